The second-order valence-electron chi connectivity index (χ2n) is 5.52. The molecule has 0 heterocycles. The van der Waals surface area contributed by atoms with E-state index in [4.69, 9.17) is 12.2 Å². The van der Waals surface area contributed by atoms with Crippen molar-refractivity contribution < 1.29 is 22.7 Å². The van der Waals surface area contributed by atoms with Crippen molar-refractivity contribution in [3.63, 3.8) is 0 Å². The van der Waals surface area contributed by atoms with Crippen LogP contribution >= 0.6 is 0 Å². The van der Waals surface area contributed by atoms with Crippen molar-refractivity contribution in [2.45, 2.75) is 12.9 Å². The zero-order chi connectivity index (χ0) is 20.6. The molecule has 28 heavy (non-hydrogen) atoms. The molecule has 0 aromatic heterocycles. The summed E-state index contributed by atoms with van der Waals surface area (Å²) in [6.45, 7) is 0.00490. The van der Waals surface area contributed by atoms with Crippen molar-refractivity contribution in [1.82, 2.24) is 5.32 Å². The molecule has 0 saturated carbocycles. The number of anilines is 1. The smallest absolute Gasteiger partial charge is 0.406 e. The Balaban J connectivity index is 1.80. The first-order valence-corrected chi connectivity index (χ1v) is 8.00. The maximum atomic E-state index is 12.1. The van der Waals surface area contributed by atoms with E-state index in [-0.39, 0.29) is 30.7 Å². The van der Waals surface area contributed by atoms with Crippen LogP contribution in [0.15, 0.2) is 53.5 Å². The molecule has 2 rings (SSSR count). The van der Waals surface area contributed by atoms with Crippen LogP contribution in [0.3, 0.4) is 0 Å². The Morgan fingerprint density at radius 3 is 2.57 bits per heavy atom. The first-order chi connectivity index (χ1) is 13.2. The lowest BCUT2D eigenvalue weighted by molar-refractivity contribution is -0.274. The minimum atomic E-state index is -4.74. The minimum Gasteiger partial charge on any atom is -0.406 e. The Bertz CT molecular complexity index is 887. The molecule has 9 heteroatoms. The number of aliphatic imine (C=N–C) groups is 1. The average molecular weight is 390 g/mol. The number of nitrogens with zero attached hydrogens (tertiary/aromatic N) is 1. The van der Waals surface area contributed by atoms with E-state index in [1.54, 1.807) is 24.3 Å². The zero-order valence-corrected chi connectivity index (χ0v) is 14.6. The number of guanidine groups is 1. The third kappa shape index (κ3) is 7.29. The second kappa shape index (κ2) is 9.32. The molecule has 0 spiro atoms. The summed E-state index contributed by atoms with van der Waals surface area (Å²) >= 11 is 0. The van der Waals surface area contributed by atoms with Crippen molar-refractivity contribution >= 4 is 17.6 Å². The molecule has 4 N–H and O–H groups in total. The maximum absolute atomic E-state index is 12.1. The van der Waals surface area contributed by atoms with Gasteiger partial charge in [0.25, 0.3) is 0 Å². The summed E-state index contributed by atoms with van der Waals surface area (Å²) in [5.74, 6) is 1.82. The lowest BCUT2D eigenvalue weighted by atomic mass is 10.2. The quantitative estimate of drug-likeness (QED) is 0.402. The summed E-state index contributed by atoms with van der Waals surface area (Å²) in [5, 5.41) is 5.30. The summed E-state index contributed by atoms with van der Waals surface area (Å²) in [5.41, 5.74) is 7.49. The molecule has 0 fully saturated rings. The van der Waals surface area contributed by atoms with Gasteiger partial charge in [0.15, 0.2) is 5.96 Å². The molecule has 0 aliphatic heterocycles. The molecule has 0 aliphatic carbocycles. The fraction of sp³-hybridized carbons (Fsp3) is 0.158. The van der Waals surface area contributed by atoms with Crippen molar-refractivity contribution in [3.8, 4) is 18.1 Å². The molecule has 0 radical (unpaired) electrons. The van der Waals surface area contributed by atoms with Gasteiger partial charge in [-0.2, -0.15) is 0 Å². The Labute approximate surface area is 159 Å². The van der Waals surface area contributed by atoms with Gasteiger partial charge in [-0.15, -0.1) is 19.6 Å². The molecule has 0 unspecified atom stereocenters. The van der Waals surface area contributed by atoms with Crippen molar-refractivity contribution in [2.75, 3.05) is 11.9 Å². The van der Waals surface area contributed by atoms with Crippen LogP contribution in [0.5, 0.6) is 5.75 Å². The van der Waals surface area contributed by atoms with E-state index >= 15 is 0 Å². The maximum Gasteiger partial charge on any atom is 0.573 e. The van der Waals surface area contributed by atoms with Crippen LogP contribution in [0.4, 0.5) is 18.9 Å². The second-order valence-corrected chi connectivity index (χ2v) is 5.52. The molecule has 0 saturated heterocycles. The van der Waals surface area contributed by atoms with Gasteiger partial charge in [-0.3, -0.25) is 4.79 Å². The Hall–Kier alpha value is -3.67. The molecular formula is C19H17F3N4O2. The Morgan fingerprint density at radius 1 is 1.21 bits per heavy atom. The lowest BCUT2D eigenvalue weighted by Gasteiger charge is -2.09. The van der Waals surface area contributed by atoms with Gasteiger partial charge in [0.05, 0.1) is 13.1 Å². The largest absolute Gasteiger partial charge is 0.573 e. The third-order valence-corrected chi connectivity index (χ3v) is 3.33. The highest BCUT2D eigenvalue weighted by molar-refractivity contribution is 5.94. The number of halogens is 3. The van der Waals surface area contributed by atoms with Gasteiger partial charge >= 0.3 is 6.36 Å². The number of carbonyl (C=O) groups excluding carboxylic acids is 1. The molecule has 2 aromatic carbocycles. The first kappa shape index (κ1) is 20.6. The van der Waals surface area contributed by atoms with E-state index in [2.05, 4.69) is 26.3 Å². The first-order valence-electron chi connectivity index (χ1n) is 8.00. The van der Waals surface area contributed by atoms with E-state index in [0.717, 1.165) is 0 Å². The highest BCUT2D eigenvalue weighted by atomic mass is 19.4. The van der Waals surface area contributed by atoms with Gasteiger partial charge in [-0.05, 0) is 35.9 Å². The van der Waals surface area contributed by atoms with Crippen LogP contribution in [0.2, 0.25) is 0 Å². The van der Waals surface area contributed by atoms with Crippen molar-refractivity contribution in [1.29, 1.82) is 0 Å². The number of terminal acetylenes is 1. The fourth-order valence-electron chi connectivity index (χ4n) is 2.09. The van der Waals surface area contributed by atoms with Gasteiger partial charge in [0, 0.05) is 11.3 Å². The number of benzene rings is 2. The predicted molar refractivity (Wildman–Crippen MR) is 99.5 cm³/mol. The number of ether oxygens (including phenoxy) is 1. The van der Waals surface area contributed by atoms with Crippen molar-refractivity contribution in [3.05, 3.63) is 59.7 Å². The van der Waals surface area contributed by atoms with Gasteiger partial charge < -0.3 is 21.1 Å². The number of hydrogen-bond acceptors (Lipinski definition) is 3. The molecule has 0 aliphatic rings. The monoisotopic (exact) mass is 390 g/mol. The fourth-order valence-corrected chi connectivity index (χ4v) is 2.09. The molecule has 1 amide bonds. The number of nitrogens with two attached hydrogens (primary N) is 1. The summed E-state index contributed by atoms with van der Waals surface area (Å²) in [4.78, 5) is 15.9. The lowest BCUT2D eigenvalue weighted by Crippen LogP contribution is -2.37. The molecule has 0 atom stereocenters. The van der Waals surface area contributed by atoms with Crippen LogP contribution in [0.1, 0.15) is 11.1 Å². The number of rotatable bonds is 6. The Morgan fingerprint density at radius 2 is 1.93 bits per heavy atom. The normalized spacial score (nSPS) is 11.4. The molecule has 0 bridgehead atoms. The van der Waals surface area contributed by atoms with Crippen LogP contribution < -0.4 is 21.1 Å². The number of hydrogen-bond donors (Lipinski definition) is 3. The van der Waals surface area contributed by atoms with E-state index < -0.39 is 6.36 Å². The highest BCUT2D eigenvalue weighted by Crippen LogP contribution is 2.22. The molecule has 2 aromatic rings. The third-order valence-electron chi connectivity index (χ3n) is 3.33. The van der Waals surface area contributed by atoms with Crippen LogP contribution in [-0.4, -0.2) is 24.8 Å². The zero-order valence-electron chi connectivity index (χ0n) is 14.6. The summed E-state index contributed by atoms with van der Waals surface area (Å²) < 4.78 is 40.1. The average Bonchev–Trinajstić information content (AvgIpc) is 2.64. The van der Waals surface area contributed by atoms with Crippen LogP contribution in [0.25, 0.3) is 0 Å². The summed E-state index contributed by atoms with van der Waals surface area (Å²) in [6, 6.07) is 12.0. The van der Waals surface area contributed by atoms with Crippen LogP contribution in [-0.2, 0) is 11.3 Å². The van der Waals surface area contributed by atoms with Gasteiger partial charge in [-0.25, -0.2) is 4.99 Å². The van der Waals surface area contributed by atoms with E-state index in [9.17, 15) is 18.0 Å². The number of nitrogens with one attached hydrogen (secondary N) is 2. The van der Waals surface area contributed by atoms with E-state index in [1.807, 2.05) is 0 Å². The molecular weight excluding hydrogens is 373 g/mol. The number of carbonyl (C=O) groups is 1. The van der Waals surface area contributed by atoms with E-state index in [0.29, 0.717) is 16.8 Å². The topological polar surface area (TPSA) is 88.7 Å². The predicted octanol–water partition coefficient (Wildman–Crippen LogP) is 2.61. The van der Waals surface area contributed by atoms with Gasteiger partial charge in [0.2, 0.25) is 5.91 Å². The standard InChI is InChI=1S/C19H17F3N4O2/c1-2-13-4-3-5-15(10-13)26-17(27)12-25-18(23)24-11-14-6-8-16(9-7-14)28-19(20,21)22/h1,3-10H,11-12H2,(H,26,27)(H3,23,24,25). The van der Waals surface area contributed by atoms with E-state index in [1.165, 1.54) is 24.3 Å². The highest BCUT2D eigenvalue weighted by Gasteiger charge is 2.30. The molecule has 146 valence electrons. The molecule has 6 nitrogen and oxygen atoms in total. The van der Waals surface area contributed by atoms with Gasteiger partial charge in [0.1, 0.15) is 5.75 Å². The van der Waals surface area contributed by atoms with Crippen LogP contribution in [0, 0.1) is 12.3 Å². The Kier molecular flexibility index (Phi) is 6.87. The number of amides is 1. The van der Waals surface area contributed by atoms with Crippen molar-refractivity contribution in [2.24, 2.45) is 10.7 Å². The SMILES string of the molecule is C#Cc1cccc(NC(=O)CNC(N)=NCc2ccc(OC(F)(F)F)cc2)c1. The minimum absolute atomic E-state index is 0.0168. The summed E-state index contributed by atoms with van der Waals surface area (Å²) in [7, 11) is 0. The van der Waals surface area contributed by atoms with Gasteiger partial charge in [-0.1, -0.05) is 24.1 Å². The summed E-state index contributed by atoms with van der Waals surface area (Å²) in [6.07, 6.45) is 0.561. The number of alkyl halides is 3.